The van der Waals surface area contributed by atoms with E-state index in [1.165, 1.54) is 6.07 Å². The van der Waals surface area contributed by atoms with Crippen LogP contribution in [0.1, 0.15) is 17.2 Å². The first-order chi connectivity index (χ1) is 9.58. The molecule has 2 aromatic carbocycles. The molecule has 0 N–H and O–H groups in total. The van der Waals surface area contributed by atoms with Crippen molar-refractivity contribution in [1.82, 2.24) is 0 Å². The molecule has 1 unspecified atom stereocenters. The number of benzene rings is 2. The Labute approximate surface area is 126 Å². The highest BCUT2D eigenvalue weighted by Crippen LogP contribution is 2.21. The minimum atomic E-state index is -1.61. The second-order valence-corrected chi connectivity index (χ2v) is 4.98. The summed E-state index contributed by atoms with van der Waals surface area (Å²) in [7, 11) is 0. The lowest BCUT2D eigenvalue weighted by Crippen LogP contribution is -2.14. The maximum atomic E-state index is 11.9. The van der Waals surface area contributed by atoms with E-state index in [0.717, 1.165) is 0 Å². The molecule has 5 heteroatoms. The van der Waals surface area contributed by atoms with Gasteiger partial charge >= 0.3 is 5.97 Å². The number of hydrogen-bond acceptors (Lipinski definition) is 2. The van der Waals surface area contributed by atoms with Gasteiger partial charge in [0.25, 0.3) is 0 Å². The van der Waals surface area contributed by atoms with Crippen molar-refractivity contribution in [3.63, 3.8) is 0 Å². The van der Waals surface area contributed by atoms with Crippen LogP contribution in [0.3, 0.4) is 0 Å². The van der Waals surface area contributed by atoms with Crippen LogP contribution in [-0.4, -0.2) is 5.97 Å². The maximum absolute atomic E-state index is 11.9. The molecule has 0 fully saturated rings. The quantitative estimate of drug-likeness (QED) is 0.794. The van der Waals surface area contributed by atoms with Crippen LogP contribution >= 0.6 is 23.2 Å². The van der Waals surface area contributed by atoms with Crippen molar-refractivity contribution < 1.29 is 14.6 Å². The molecular formula is C15H11Cl2O3. The monoisotopic (exact) mass is 309 g/mol. The van der Waals surface area contributed by atoms with E-state index in [-0.39, 0.29) is 12.2 Å². The number of esters is 1. The van der Waals surface area contributed by atoms with Crippen LogP contribution in [-0.2, 0) is 21.2 Å². The van der Waals surface area contributed by atoms with E-state index in [1.807, 2.05) is 0 Å². The molecule has 3 nitrogen and oxygen atoms in total. The van der Waals surface area contributed by atoms with Crippen molar-refractivity contribution in [2.24, 2.45) is 0 Å². The van der Waals surface area contributed by atoms with Gasteiger partial charge in [-0.15, -0.1) is 0 Å². The summed E-state index contributed by atoms with van der Waals surface area (Å²) in [6, 6.07) is 13.2. The Morgan fingerprint density at radius 2 is 1.85 bits per heavy atom. The molecule has 2 rings (SSSR count). The van der Waals surface area contributed by atoms with Gasteiger partial charge < -0.3 is 4.74 Å². The molecule has 1 radical (unpaired) electrons. The Hall–Kier alpha value is -1.55. The van der Waals surface area contributed by atoms with E-state index in [4.69, 9.17) is 27.9 Å². The number of carbonyl (C=O) groups excluding carboxylic acids is 1. The molecule has 0 saturated carbocycles. The first kappa shape index (κ1) is 14.9. The zero-order valence-electron chi connectivity index (χ0n) is 10.4. The van der Waals surface area contributed by atoms with Gasteiger partial charge in [0.15, 0.2) is 0 Å². The Bertz CT molecular complexity index is 614. The number of hydrogen-bond donors (Lipinski definition) is 0. The predicted octanol–water partition coefficient (Wildman–Crippen LogP) is 4.21. The molecule has 0 aliphatic rings. The second-order valence-electron chi connectivity index (χ2n) is 4.13. The van der Waals surface area contributed by atoms with Crippen LogP contribution in [0.5, 0.6) is 0 Å². The number of ether oxygens (including phenoxy) is 1. The zero-order valence-corrected chi connectivity index (χ0v) is 11.9. The van der Waals surface area contributed by atoms with Crippen LogP contribution in [0.2, 0.25) is 10.0 Å². The smallest absolute Gasteiger partial charge is 0.343 e. The lowest BCUT2D eigenvalue weighted by atomic mass is 10.1. The molecule has 20 heavy (non-hydrogen) atoms. The van der Waals surface area contributed by atoms with Gasteiger partial charge in [0.2, 0.25) is 6.10 Å². The van der Waals surface area contributed by atoms with Crippen LogP contribution < -0.4 is 0 Å². The Morgan fingerprint density at radius 1 is 1.10 bits per heavy atom. The molecule has 103 valence electrons. The molecular weight excluding hydrogens is 299 g/mol. The molecule has 2 aromatic rings. The van der Waals surface area contributed by atoms with Gasteiger partial charge in [0.1, 0.15) is 6.61 Å². The normalized spacial score (nSPS) is 11.9. The third kappa shape index (κ3) is 3.73. The Morgan fingerprint density at radius 3 is 2.55 bits per heavy atom. The fraction of sp³-hybridized carbons (Fsp3) is 0.133. The minimum Gasteiger partial charge on any atom is -0.458 e. The van der Waals surface area contributed by atoms with Crippen molar-refractivity contribution in [3.8, 4) is 0 Å². The topological polar surface area (TPSA) is 46.2 Å². The van der Waals surface area contributed by atoms with Crippen molar-refractivity contribution in [2.75, 3.05) is 0 Å². The summed E-state index contributed by atoms with van der Waals surface area (Å²) in [4.78, 5) is 11.7. The standard InChI is InChI=1S/C15H11Cl2O3/c16-12-6-3-5-10(8-12)14(18)15(19)20-9-11-4-1-2-7-13(11)17/h1-8,14H,9H2. The Kier molecular flexibility index (Phi) is 5.01. The van der Waals surface area contributed by atoms with E-state index >= 15 is 0 Å². The first-order valence-corrected chi connectivity index (χ1v) is 6.65. The van der Waals surface area contributed by atoms with E-state index < -0.39 is 12.1 Å². The SMILES string of the molecule is [O]C(C(=O)OCc1ccccc1Cl)c1cccc(Cl)c1. The lowest BCUT2D eigenvalue weighted by Gasteiger charge is -2.10. The summed E-state index contributed by atoms with van der Waals surface area (Å²) in [6.45, 7) is -0.0299. The molecule has 0 heterocycles. The maximum Gasteiger partial charge on any atom is 0.343 e. The predicted molar refractivity (Wildman–Crippen MR) is 76.1 cm³/mol. The summed E-state index contributed by atoms with van der Waals surface area (Å²) < 4.78 is 4.99. The number of carbonyl (C=O) groups is 1. The number of rotatable bonds is 4. The van der Waals surface area contributed by atoms with Crippen molar-refractivity contribution in [1.29, 1.82) is 0 Å². The van der Waals surface area contributed by atoms with Gasteiger partial charge in [0, 0.05) is 15.6 Å². The van der Waals surface area contributed by atoms with Gasteiger partial charge in [0.05, 0.1) is 0 Å². The highest BCUT2D eigenvalue weighted by molar-refractivity contribution is 6.31. The van der Waals surface area contributed by atoms with E-state index in [2.05, 4.69) is 0 Å². The summed E-state index contributed by atoms with van der Waals surface area (Å²) in [5, 5.41) is 12.8. The van der Waals surface area contributed by atoms with Crippen molar-refractivity contribution in [3.05, 3.63) is 69.7 Å². The largest absolute Gasteiger partial charge is 0.458 e. The zero-order chi connectivity index (χ0) is 14.5. The fourth-order valence-electron chi connectivity index (χ4n) is 1.65. The molecule has 0 aromatic heterocycles. The van der Waals surface area contributed by atoms with Gasteiger partial charge in [-0.2, -0.15) is 0 Å². The second kappa shape index (κ2) is 6.75. The van der Waals surface area contributed by atoms with Gasteiger partial charge in [-0.25, -0.2) is 9.90 Å². The van der Waals surface area contributed by atoms with Crippen LogP contribution in [0.15, 0.2) is 48.5 Å². The lowest BCUT2D eigenvalue weighted by molar-refractivity contribution is -0.159. The summed E-state index contributed by atoms with van der Waals surface area (Å²) in [6.07, 6.45) is -1.61. The van der Waals surface area contributed by atoms with E-state index in [1.54, 1.807) is 42.5 Å². The molecule has 0 saturated heterocycles. The average Bonchev–Trinajstić information content (AvgIpc) is 2.45. The minimum absolute atomic E-state index is 0.0299. The molecule has 0 aliphatic carbocycles. The summed E-state index contributed by atoms with van der Waals surface area (Å²) in [5.74, 6) is -0.854. The summed E-state index contributed by atoms with van der Waals surface area (Å²) in [5.41, 5.74) is 0.933. The Balaban J connectivity index is 2.00. The van der Waals surface area contributed by atoms with Crippen LogP contribution in [0.4, 0.5) is 0 Å². The van der Waals surface area contributed by atoms with Crippen molar-refractivity contribution in [2.45, 2.75) is 12.7 Å². The van der Waals surface area contributed by atoms with Gasteiger partial charge in [-0.3, -0.25) is 0 Å². The highest BCUT2D eigenvalue weighted by Gasteiger charge is 2.21. The van der Waals surface area contributed by atoms with Gasteiger partial charge in [-0.1, -0.05) is 53.5 Å². The molecule has 0 amide bonds. The van der Waals surface area contributed by atoms with Crippen LogP contribution in [0.25, 0.3) is 0 Å². The first-order valence-electron chi connectivity index (χ1n) is 5.89. The van der Waals surface area contributed by atoms with E-state index in [0.29, 0.717) is 15.6 Å². The number of halogens is 2. The molecule has 1 atom stereocenters. The van der Waals surface area contributed by atoms with Crippen LogP contribution in [0, 0.1) is 0 Å². The fourth-order valence-corrected chi connectivity index (χ4v) is 2.03. The molecule has 0 aliphatic heterocycles. The van der Waals surface area contributed by atoms with Crippen molar-refractivity contribution >= 4 is 29.2 Å². The van der Waals surface area contributed by atoms with Gasteiger partial charge in [-0.05, 0) is 23.8 Å². The summed E-state index contributed by atoms with van der Waals surface area (Å²) >= 11 is 11.7. The third-order valence-corrected chi connectivity index (χ3v) is 3.30. The average molecular weight is 310 g/mol. The third-order valence-electron chi connectivity index (χ3n) is 2.69. The molecule has 0 bridgehead atoms. The van der Waals surface area contributed by atoms with E-state index in [9.17, 15) is 9.90 Å². The molecule has 0 spiro atoms. The highest BCUT2D eigenvalue weighted by atomic mass is 35.5.